The van der Waals surface area contributed by atoms with Crippen molar-refractivity contribution in [3.05, 3.63) is 58.6 Å². The second-order valence-corrected chi connectivity index (χ2v) is 5.64. The lowest BCUT2D eigenvalue weighted by Crippen LogP contribution is -2.22. The van der Waals surface area contributed by atoms with Crippen LogP contribution in [0.4, 0.5) is 0 Å². The van der Waals surface area contributed by atoms with Gasteiger partial charge in [0, 0.05) is 12.1 Å². The van der Waals surface area contributed by atoms with Crippen molar-refractivity contribution >= 4 is 17.5 Å². The van der Waals surface area contributed by atoms with Crippen LogP contribution in [0.5, 0.6) is 11.5 Å². The Morgan fingerprint density at radius 3 is 2.54 bits per heavy atom. The van der Waals surface area contributed by atoms with E-state index >= 15 is 0 Å². The maximum Gasteiger partial charge on any atom is 0.251 e. The molecule has 0 heterocycles. The van der Waals surface area contributed by atoms with Crippen molar-refractivity contribution < 1.29 is 14.3 Å². The number of hydrogen-bond donors (Lipinski definition) is 1. The summed E-state index contributed by atoms with van der Waals surface area (Å²) in [7, 11) is 0. The van der Waals surface area contributed by atoms with Gasteiger partial charge in [0.25, 0.3) is 5.91 Å². The van der Waals surface area contributed by atoms with Crippen LogP contribution in [0.2, 0.25) is 5.02 Å². The molecule has 128 valence electrons. The number of nitrogens with one attached hydrogen (secondary N) is 1. The highest BCUT2D eigenvalue weighted by Crippen LogP contribution is 2.36. The largest absolute Gasteiger partial charge is 0.490 e. The molecule has 0 radical (unpaired) electrons. The molecule has 2 rings (SSSR count). The number of halogens is 1. The minimum absolute atomic E-state index is 0.205. The van der Waals surface area contributed by atoms with Gasteiger partial charge < -0.3 is 14.8 Å². The fourth-order valence-electron chi connectivity index (χ4n) is 2.19. The number of rotatable bonds is 8. The van der Waals surface area contributed by atoms with E-state index in [-0.39, 0.29) is 5.91 Å². The minimum atomic E-state index is -0.205. The summed E-state index contributed by atoms with van der Waals surface area (Å²) >= 11 is 6.28. The van der Waals surface area contributed by atoms with Crippen molar-refractivity contribution in [2.75, 3.05) is 13.2 Å². The SMILES string of the molecule is CCCOc1c(Cl)cc(C(=O)NCc2ccccc2)cc1OCC. The molecule has 0 aliphatic heterocycles. The van der Waals surface area contributed by atoms with Gasteiger partial charge in [-0.25, -0.2) is 0 Å². The van der Waals surface area contributed by atoms with E-state index in [1.54, 1.807) is 12.1 Å². The summed E-state index contributed by atoms with van der Waals surface area (Å²) in [6.07, 6.45) is 0.862. The zero-order valence-electron chi connectivity index (χ0n) is 14.0. The summed E-state index contributed by atoms with van der Waals surface area (Å²) in [5, 5.41) is 3.25. The molecule has 0 bridgehead atoms. The van der Waals surface area contributed by atoms with Gasteiger partial charge in [0.15, 0.2) is 11.5 Å². The predicted molar refractivity (Wildman–Crippen MR) is 96.0 cm³/mol. The molecule has 4 nitrogen and oxygen atoms in total. The van der Waals surface area contributed by atoms with Crippen LogP contribution in [0.3, 0.4) is 0 Å². The van der Waals surface area contributed by atoms with E-state index in [4.69, 9.17) is 21.1 Å². The Hall–Kier alpha value is -2.20. The number of hydrogen-bond acceptors (Lipinski definition) is 3. The van der Waals surface area contributed by atoms with Crippen LogP contribution in [0, 0.1) is 0 Å². The average Bonchev–Trinajstić information content (AvgIpc) is 2.60. The molecule has 0 spiro atoms. The zero-order valence-corrected chi connectivity index (χ0v) is 14.7. The molecule has 24 heavy (non-hydrogen) atoms. The lowest BCUT2D eigenvalue weighted by Gasteiger charge is -2.15. The van der Waals surface area contributed by atoms with Crippen molar-refractivity contribution in [3.8, 4) is 11.5 Å². The van der Waals surface area contributed by atoms with E-state index in [0.717, 1.165) is 12.0 Å². The molecular weight excluding hydrogens is 326 g/mol. The van der Waals surface area contributed by atoms with Crippen molar-refractivity contribution in [1.29, 1.82) is 0 Å². The summed E-state index contributed by atoms with van der Waals surface area (Å²) in [6, 6.07) is 13.0. The van der Waals surface area contributed by atoms with Gasteiger partial charge in [-0.15, -0.1) is 0 Å². The molecule has 0 saturated carbocycles. The molecule has 1 amide bonds. The van der Waals surface area contributed by atoms with Crippen molar-refractivity contribution in [2.24, 2.45) is 0 Å². The van der Waals surface area contributed by atoms with Crippen molar-refractivity contribution in [3.63, 3.8) is 0 Å². The fraction of sp³-hybridized carbons (Fsp3) is 0.316. The third-order valence-electron chi connectivity index (χ3n) is 3.32. The van der Waals surface area contributed by atoms with Crippen LogP contribution in [0.25, 0.3) is 0 Å². The monoisotopic (exact) mass is 347 g/mol. The molecule has 2 aromatic rings. The molecule has 0 fully saturated rings. The third kappa shape index (κ3) is 4.90. The molecule has 0 saturated heterocycles. The highest BCUT2D eigenvalue weighted by Gasteiger charge is 2.16. The summed E-state index contributed by atoms with van der Waals surface area (Å²) in [4.78, 5) is 12.4. The van der Waals surface area contributed by atoms with E-state index < -0.39 is 0 Å². The standard InChI is InChI=1S/C19H22ClNO3/c1-3-10-24-18-16(20)11-15(12-17(18)23-4-2)19(22)21-13-14-8-6-5-7-9-14/h5-9,11-12H,3-4,10,13H2,1-2H3,(H,21,22). The molecule has 0 unspecified atom stereocenters. The van der Waals surface area contributed by atoms with Crippen LogP contribution in [0.15, 0.2) is 42.5 Å². The number of carbonyl (C=O) groups is 1. The second-order valence-electron chi connectivity index (χ2n) is 5.24. The summed E-state index contributed by atoms with van der Waals surface area (Å²) in [6.45, 7) is 5.35. The smallest absolute Gasteiger partial charge is 0.251 e. The maximum atomic E-state index is 12.4. The fourth-order valence-corrected chi connectivity index (χ4v) is 2.45. The van der Waals surface area contributed by atoms with Crippen molar-refractivity contribution in [1.82, 2.24) is 5.32 Å². The predicted octanol–water partition coefficient (Wildman–Crippen LogP) is 4.46. The van der Waals surface area contributed by atoms with Gasteiger partial charge in [-0.1, -0.05) is 48.9 Å². The van der Waals surface area contributed by atoms with Gasteiger partial charge >= 0.3 is 0 Å². The first-order valence-corrected chi connectivity index (χ1v) is 8.44. The number of amides is 1. The Morgan fingerprint density at radius 2 is 1.88 bits per heavy atom. The first-order chi connectivity index (χ1) is 11.7. The van der Waals surface area contributed by atoms with Gasteiger partial charge in [0.2, 0.25) is 0 Å². The Balaban J connectivity index is 2.15. The van der Waals surface area contributed by atoms with Crippen molar-refractivity contribution in [2.45, 2.75) is 26.8 Å². The van der Waals surface area contributed by atoms with Crippen LogP contribution in [0.1, 0.15) is 36.2 Å². The Morgan fingerprint density at radius 1 is 1.12 bits per heavy atom. The molecule has 0 aromatic heterocycles. The molecular formula is C19H22ClNO3. The van der Waals surface area contributed by atoms with Crippen LogP contribution in [-0.4, -0.2) is 19.1 Å². The van der Waals surface area contributed by atoms with E-state index in [2.05, 4.69) is 5.32 Å². The van der Waals surface area contributed by atoms with E-state index in [0.29, 0.717) is 41.8 Å². The number of carbonyl (C=O) groups excluding carboxylic acids is 1. The van der Waals surface area contributed by atoms with Gasteiger partial charge in [0.05, 0.1) is 18.2 Å². The first kappa shape index (κ1) is 18.1. The summed E-state index contributed by atoms with van der Waals surface area (Å²) in [5.41, 5.74) is 1.48. The highest BCUT2D eigenvalue weighted by atomic mass is 35.5. The highest BCUT2D eigenvalue weighted by molar-refractivity contribution is 6.32. The Labute approximate surface area is 147 Å². The molecule has 5 heteroatoms. The Kier molecular flexibility index (Phi) is 6.94. The third-order valence-corrected chi connectivity index (χ3v) is 3.60. The van der Waals surface area contributed by atoms with E-state index in [1.807, 2.05) is 44.2 Å². The normalized spacial score (nSPS) is 10.3. The van der Waals surface area contributed by atoms with Crippen LogP contribution >= 0.6 is 11.6 Å². The molecule has 0 atom stereocenters. The molecule has 1 N–H and O–H groups in total. The molecule has 0 aliphatic carbocycles. The first-order valence-electron chi connectivity index (χ1n) is 8.07. The van der Waals surface area contributed by atoms with Gasteiger partial charge in [0.1, 0.15) is 0 Å². The number of ether oxygens (including phenoxy) is 2. The zero-order chi connectivity index (χ0) is 17.4. The van der Waals surface area contributed by atoms with Gasteiger partial charge in [-0.3, -0.25) is 4.79 Å². The van der Waals surface area contributed by atoms with Crippen LogP contribution in [-0.2, 0) is 6.54 Å². The lowest BCUT2D eigenvalue weighted by molar-refractivity contribution is 0.0950. The molecule has 0 aliphatic rings. The van der Waals surface area contributed by atoms with E-state index in [9.17, 15) is 4.79 Å². The Bertz CT molecular complexity index is 674. The summed E-state index contributed by atoms with van der Waals surface area (Å²) < 4.78 is 11.2. The minimum Gasteiger partial charge on any atom is -0.490 e. The summed E-state index contributed by atoms with van der Waals surface area (Å²) in [5.74, 6) is 0.770. The van der Waals surface area contributed by atoms with Gasteiger partial charge in [-0.05, 0) is 31.0 Å². The van der Waals surface area contributed by atoms with E-state index in [1.165, 1.54) is 0 Å². The maximum absolute atomic E-state index is 12.4. The van der Waals surface area contributed by atoms with Gasteiger partial charge in [-0.2, -0.15) is 0 Å². The quantitative estimate of drug-likeness (QED) is 0.767. The van der Waals surface area contributed by atoms with Crippen LogP contribution < -0.4 is 14.8 Å². The molecule has 2 aromatic carbocycles. The second kappa shape index (κ2) is 9.18. The lowest BCUT2D eigenvalue weighted by atomic mass is 10.1. The average molecular weight is 348 g/mol. The number of benzene rings is 2. The topological polar surface area (TPSA) is 47.6 Å².